The lowest BCUT2D eigenvalue weighted by molar-refractivity contribution is 0.00331. The van der Waals surface area contributed by atoms with Crippen molar-refractivity contribution in [3.63, 3.8) is 0 Å². The van der Waals surface area contributed by atoms with E-state index in [9.17, 15) is 4.39 Å². The van der Waals surface area contributed by atoms with E-state index in [1.54, 1.807) is 11.8 Å². The van der Waals surface area contributed by atoms with Crippen molar-refractivity contribution in [2.75, 3.05) is 12.8 Å². The number of methoxy groups -OCH3 is 1. The normalized spacial score (nSPS) is 23.9. The molecule has 1 aliphatic carbocycles. The molecule has 0 aliphatic heterocycles. The van der Waals surface area contributed by atoms with E-state index >= 15 is 0 Å². The lowest BCUT2D eigenvalue weighted by Gasteiger charge is -2.34. The van der Waals surface area contributed by atoms with Crippen LogP contribution in [0.15, 0.2) is 12.1 Å². The second-order valence-corrected chi connectivity index (χ2v) is 4.38. The van der Waals surface area contributed by atoms with Gasteiger partial charge in [-0.2, -0.15) is 0 Å². The molecule has 1 fully saturated rings. The topological polar surface area (TPSA) is 66.0 Å². The summed E-state index contributed by atoms with van der Waals surface area (Å²) in [7, 11) is 1.70. The monoisotopic (exact) mass is 236 g/mol. The SMILES string of the molecule is COC1CC(n2nnc3cc(N)c(F)cc32)C1. The molecular weight excluding hydrogens is 223 g/mol. The first-order chi connectivity index (χ1) is 8.19. The molecule has 0 bridgehead atoms. The number of nitrogens with zero attached hydrogens (tertiary/aromatic N) is 3. The minimum absolute atomic E-state index is 0.105. The summed E-state index contributed by atoms with van der Waals surface area (Å²) < 4.78 is 20.4. The summed E-state index contributed by atoms with van der Waals surface area (Å²) in [6, 6.07) is 3.15. The molecule has 6 heteroatoms. The van der Waals surface area contributed by atoms with Gasteiger partial charge in [-0.3, -0.25) is 0 Å². The minimum Gasteiger partial charge on any atom is -0.396 e. The number of nitrogen functional groups attached to an aromatic ring is 1. The molecule has 0 spiro atoms. The Kier molecular flexibility index (Phi) is 2.25. The Morgan fingerprint density at radius 3 is 2.94 bits per heavy atom. The van der Waals surface area contributed by atoms with E-state index in [4.69, 9.17) is 10.5 Å². The molecule has 1 aromatic heterocycles. The molecule has 2 aromatic rings. The first-order valence-corrected chi connectivity index (χ1v) is 5.51. The van der Waals surface area contributed by atoms with Crippen LogP contribution in [0.25, 0.3) is 11.0 Å². The fraction of sp³-hybridized carbons (Fsp3) is 0.455. The highest BCUT2D eigenvalue weighted by Crippen LogP contribution is 2.35. The molecule has 1 heterocycles. The number of nitrogens with two attached hydrogens (primary N) is 1. The quantitative estimate of drug-likeness (QED) is 0.802. The van der Waals surface area contributed by atoms with E-state index in [2.05, 4.69) is 10.3 Å². The molecule has 0 unspecified atom stereocenters. The molecule has 1 saturated carbocycles. The third-order valence-electron chi connectivity index (χ3n) is 3.34. The van der Waals surface area contributed by atoms with E-state index in [1.807, 2.05) is 0 Å². The number of fused-ring (bicyclic) bond motifs is 1. The Bertz CT molecular complexity index is 562. The maximum absolute atomic E-state index is 13.4. The molecule has 1 aliphatic rings. The van der Waals surface area contributed by atoms with Crippen molar-refractivity contribution in [1.29, 1.82) is 0 Å². The summed E-state index contributed by atoms with van der Waals surface area (Å²) in [4.78, 5) is 0. The number of halogens is 1. The van der Waals surface area contributed by atoms with Crippen molar-refractivity contribution in [2.24, 2.45) is 0 Å². The zero-order valence-corrected chi connectivity index (χ0v) is 9.43. The molecule has 2 N–H and O–H groups in total. The highest BCUT2D eigenvalue weighted by molar-refractivity contribution is 5.78. The van der Waals surface area contributed by atoms with Gasteiger partial charge in [-0.25, -0.2) is 9.07 Å². The molecule has 90 valence electrons. The van der Waals surface area contributed by atoms with Gasteiger partial charge >= 0.3 is 0 Å². The Balaban J connectivity index is 1.98. The van der Waals surface area contributed by atoms with Crippen LogP contribution in [0, 0.1) is 5.82 Å². The predicted octanol–water partition coefficient (Wildman–Crippen LogP) is 1.50. The second-order valence-electron chi connectivity index (χ2n) is 4.38. The van der Waals surface area contributed by atoms with Crippen LogP contribution in [0.1, 0.15) is 18.9 Å². The van der Waals surface area contributed by atoms with Crippen LogP contribution in [-0.2, 0) is 4.74 Å². The molecular formula is C11H13FN4O. The summed E-state index contributed by atoms with van der Waals surface area (Å²) >= 11 is 0. The van der Waals surface area contributed by atoms with E-state index in [1.165, 1.54) is 12.1 Å². The van der Waals surface area contributed by atoms with Crippen molar-refractivity contribution in [3.05, 3.63) is 17.9 Å². The van der Waals surface area contributed by atoms with Crippen LogP contribution in [0.5, 0.6) is 0 Å². The molecule has 3 rings (SSSR count). The number of hydrogen-bond acceptors (Lipinski definition) is 4. The highest BCUT2D eigenvalue weighted by atomic mass is 19.1. The van der Waals surface area contributed by atoms with Gasteiger partial charge in [-0.15, -0.1) is 5.10 Å². The van der Waals surface area contributed by atoms with E-state index < -0.39 is 5.82 Å². The Labute approximate surface area is 97.3 Å². The van der Waals surface area contributed by atoms with Crippen LogP contribution in [-0.4, -0.2) is 28.2 Å². The number of aromatic nitrogens is 3. The minimum atomic E-state index is -0.427. The second kappa shape index (κ2) is 3.66. The van der Waals surface area contributed by atoms with Gasteiger partial charge in [-0.05, 0) is 18.9 Å². The Morgan fingerprint density at radius 1 is 1.47 bits per heavy atom. The first-order valence-electron chi connectivity index (χ1n) is 5.51. The van der Waals surface area contributed by atoms with E-state index in [0.29, 0.717) is 11.0 Å². The number of ether oxygens (including phenoxy) is 1. The predicted molar refractivity (Wildman–Crippen MR) is 61.0 cm³/mol. The maximum Gasteiger partial charge on any atom is 0.148 e. The van der Waals surface area contributed by atoms with Crippen molar-refractivity contribution in [3.8, 4) is 0 Å². The average Bonchev–Trinajstić information content (AvgIpc) is 2.61. The number of benzene rings is 1. The van der Waals surface area contributed by atoms with Gasteiger partial charge in [0.15, 0.2) is 0 Å². The van der Waals surface area contributed by atoms with Crippen LogP contribution in [0.2, 0.25) is 0 Å². The third kappa shape index (κ3) is 1.56. The summed E-state index contributed by atoms with van der Waals surface area (Å²) in [5.41, 5.74) is 6.91. The summed E-state index contributed by atoms with van der Waals surface area (Å²) in [5.74, 6) is -0.427. The van der Waals surface area contributed by atoms with Gasteiger partial charge in [0.05, 0.1) is 23.3 Å². The van der Waals surface area contributed by atoms with E-state index in [-0.39, 0.29) is 17.8 Å². The number of rotatable bonds is 2. The van der Waals surface area contributed by atoms with Gasteiger partial charge in [-0.1, -0.05) is 5.21 Å². The summed E-state index contributed by atoms with van der Waals surface area (Å²) in [6.45, 7) is 0. The van der Waals surface area contributed by atoms with Crippen LogP contribution < -0.4 is 5.73 Å². The van der Waals surface area contributed by atoms with Crippen LogP contribution in [0.4, 0.5) is 10.1 Å². The fourth-order valence-corrected chi connectivity index (χ4v) is 2.18. The van der Waals surface area contributed by atoms with Crippen LogP contribution >= 0.6 is 0 Å². The standard InChI is InChI=1S/C11H13FN4O/c1-17-7-2-6(3-7)16-11-4-8(12)9(13)5-10(11)14-15-16/h4-7H,2-3,13H2,1H3. The smallest absolute Gasteiger partial charge is 0.148 e. The van der Waals surface area contributed by atoms with Gasteiger partial charge in [0.1, 0.15) is 11.3 Å². The Hall–Kier alpha value is -1.69. The van der Waals surface area contributed by atoms with Crippen molar-refractivity contribution in [1.82, 2.24) is 15.0 Å². The largest absolute Gasteiger partial charge is 0.396 e. The number of hydrogen-bond donors (Lipinski definition) is 1. The lowest BCUT2D eigenvalue weighted by atomic mass is 9.89. The van der Waals surface area contributed by atoms with Crippen LogP contribution in [0.3, 0.4) is 0 Å². The van der Waals surface area contributed by atoms with Gasteiger partial charge < -0.3 is 10.5 Å². The molecule has 5 nitrogen and oxygen atoms in total. The number of anilines is 1. The third-order valence-corrected chi connectivity index (χ3v) is 3.34. The highest BCUT2D eigenvalue weighted by Gasteiger charge is 2.32. The molecule has 0 saturated heterocycles. The maximum atomic E-state index is 13.4. The van der Waals surface area contributed by atoms with Gasteiger partial charge in [0, 0.05) is 13.2 Å². The summed E-state index contributed by atoms with van der Waals surface area (Å²) in [6.07, 6.45) is 2.06. The fourth-order valence-electron chi connectivity index (χ4n) is 2.18. The Morgan fingerprint density at radius 2 is 2.24 bits per heavy atom. The van der Waals surface area contributed by atoms with Gasteiger partial charge in [0.2, 0.25) is 0 Å². The molecule has 1 aromatic carbocycles. The zero-order valence-electron chi connectivity index (χ0n) is 9.43. The van der Waals surface area contributed by atoms with Crippen molar-refractivity contribution in [2.45, 2.75) is 25.0 Å². The first kappa shape index (κ1) is 10.5. The summed E-state index contributed by atoms with van der Waals surface area (Å²) in [5, 5.41) is 8.06. The van der Waals surface area contributed by atoms with Crippen molar-refractivity contribution >= 4 is 16.7 Å². The molecule has 0 amide bonds. The molecule has 0 atom stereocenters. The van der Waals surface area contributed by atoms with Gasteiger partial charge in [0.25, 0.3) is 0 Å². The molecule has 17 heavy (non-hydrogen) atoms. The van der Waals surface area contributed by atoms with E-state index in [0.717, 1.165) is 12.8 Å². The molecule has 0 radical (unpaired) electrons. The van der Waals surface area contributed by atoms with Crippen molar-refractivity contribution < 1.29 is 9.13 Å². The lowest BCUT2D eigenvalue weighted by Crippen LogP contribution is -2.33. The zero-order chi connectivity index (χ0) is 12.0. The average molecular weight is 236 g/mol.